The van der Waals surface area contributed by atoms with Gasteiger partial charge >= 0.3 is 0 Å². The molecule has 0 heterocycles. The third-order valence-electron chi connectivity index (χ3n) is 2.72. The van der Waals surface area contributed by atoms with E-state index in [0.29, 0.717) is 18.7 Å². The van der Waals surface area contributed by atoms with Crippen LogP contribution in [0.15, 0.2) is 24.3 Å². The Balaban J connectivity index is 2.55. The van der Waals surface area contributed by atoms with Crippen LogP contribution < -0.4 is 11.1 Å². The van der Waals surface area contributed by atoms with Gasteiger partial charge in [-0.25, -0.2) is 0 Å². The fourth-order valence-corrected chi connectivity index (χ4v) is 1.51. The minimum Gasteiger partial charge on any atom is -0.392 e. The average Bonchev–Trinajstić information content (AvgIpc) is 2.29. The number of aliphatic hydroxyl groups is 1. The van der Waals surface area contributed by atoms with Crippen LogP contribution in [0.4, 0.5) is 0 Å². The molecular formula is C13H20N2O2. The fraction of sp³-hybridized carbons (Fsp3) is 0.462. The SMILES string of the molecule is CC(C)C(O)CNCc1ccccc1C(N)=O. The van der Waals surface area contributed by atoms with Gasteiger partial charge in [0.25, 0.3) is 0 Å². The molecule has 1 amide bonds. The van der Waals surface area contributed by atoms with Gasteiger partial charge in [0.15, 0.2) is 0 Å². The first kappa shape index (κ1) is 13.7. The molecule has 0 aliphatic rings. The number of rotatable bonds is 6. The number of nitrogens with two attached hydrogens (primary N) is 1. The zero-order valence-electron chi connectivity index (χ0n) is 10.3. The molecule has 0 saturated heterocycles. The van der Waals surface area contributed by atoms with Crippen LogP contribution >= 0.6 is 0 Å². The maximum Gasteiger partial charge on any atom is 0.249 e. The number of aliphatic hydroxyl groups excluding tert-OH is 1. The molecule has 0 spiro atoms. The Hall–Kier alpha value is -1.39. The molecule has 1 aromatic rings. The molecule has 4 heteroatoms. The lowest BCUT2D eigenvalue weighted by Crippen LogP contribution is -2.30. The summed E-state index contributed by atoms with van der Waals surface area (Å²) < 4.78 is 0. The van der Waals surface area contributed by atoms with Crippen LogP contribution in [0.25, 0.3) is 0 Å². The monoisotopic (exact) mass is 236 g/mol. The van der Waals surface area contributed by atoms with E-state index in [4.69, 9.17) is 5.73 Å². The Morgan fingerprint density at radius 3 is 2.65 bits per heavy atom. The van der Waals surface area contributed by atoms with Gasteiger partial charge in [0, 0.05) is 18.7 Å². The van der Waals surface area contributed by atoms with E-state index in [1.54, 1.807) is 12.1 Å². The Bertz CT molecular complexity index is 377. The van der Waals surface area contributed by atoms with Crippen LogP contribution in [-0.2, 0) is 6.54 Å². The topological polar surface area (TPSA) is 75.3 Å². The zero-order chi connectivity index (χ0) is 12.8. The predicted molar refractivity (Wildman–Crippen MR) is 67.5 cm³/mol. The first-order valence-electron chi connectivity index (χ1n) is 5.79. The standard InChI is InChI=1S/C13H20N2O2/c1-9(2)12(16)8-15-7-10-5-3-4-6-11(10)13(14)17/h3-6,9,12,15-16H,7-8H2,1-2H3,(H2,14,17). The molecule has 0 saturated carbocycles. The lowest BCUT2D eigenvalue weighted by atomic mass is 10.1. The van der Waals surface area contributed by atoms with E-state index in [1.165, 1.54) is 0 Å². The highest BCUT2D eigenvalue weighted by atomic mass is 16.3. The first-order chi connectivity index (χ1) is 8.02. The number of carbonyl (C=O) groups is 1. The van der Waals surface area contributed by atoms with Gasteiger partial charge < -0.3 is 16.2 Å². The summed E-state index contributed by atoms with van der Waals surface area (Å²) in [5, 5.41) is 12.7. The van der Waals surface area contributed by atoms with Gasteiger partial charge in [0.05, 0.1) is 6.10 Å². The molecule has 0 aromatic heterocycles. The van der Waals surface area contributed by atoms with Crippen LogP contribution in [0.2, 0.25) is 0 Å². The van der Waals surface area contributed by atoms with E-state index in [1.807, 2.05) is 26.0 Å². The zero-order valence-corrected chi connectivity index (χ0v) is 10.3. The van der Waals surface area contributed by atoms with E-state index in [2.05, 4.69) is 5.32 Å². The van der Waals surface area contributed by atoms with Crippen LogP contribution in [0.1, 0.15) is 29.8 Å². The third kappa shape index (κ3) is 4.17. The molecule has 1 unspecified atom stereocenters. The Kier molecular flexibility index (Phi) is 5.12. The molecule has 17 heavy (non-hydrogen) atoms. The van der Waals surface area contributed by atoms with Crippen LogP contribution in [0.5, 0.6) is 0 Å². The van der Waals surface area contributed by atoms with Gasteiger partial charge in [0.1, 0.15) is 0 Å². The van der Waals surface area contributed by atoms with Crippen molar-refractivity contribution in [2.45, 2.75) is 26.5 Å². The van der Waals surface area contributed by atoms with E-state index in [0.717, 1.165) is 5.56 Å². The van der Waals surface area contributed by atoms with Crippen molar-refractivity contribution in [2.75, 3.05) is 6.54 Å². The summed E-state index contributed by atoms with van der Waals surface area (Å²) in [6, 6.07) is 7.21. The van der Waals surface area contributed by atoms with Crippen molar-refractivity contribution < 1.29 is 9.90 Å². The van der Waals surface area contributed by atoms with E-state index in [-0.39, 0.29) is 12.0 Å². The predicted octanol–water partition coefficient (Wildman–Crippen LogP) is 0.892. The van der Waals surface area contributed by atoms with E-state index < -0.39 is 5.91 Å². The highest BCUT2D eigenvalue weighted by molar-refractivity contribution is 5.94. The first-order valence-corrected chi connectivity index (χ1v) is 5.79. The molecule has 0 aliphatic heterocycles. The highest BCUT2D eigenvalue weighted by Crippen LogP contribution is 2.08. The van der Waals surface area contributed by atoms with Crippen molar-refractivity contribution in [3.8, 4) is 0 Å². The number of hydrogen-bond donors (Lipinski definition) is 3. The molecule has 0 radical (unpaired) electrons. The maximum absolute atomic E-state index is 11.2. The molecule has 0 aliphatic carbocycles. The van der Waals surface area contributed by atoms with Crippen molar-refractivity contribution in [1.82, 2.24) is 5.32 Å². The second kappa shape index (κ2) is 6.37. The Morgan fingerprint density at radius 2 is 2.06 bits per heavy atom. The van der Waals surface area contributed by atoms with E-state index in [9.17, 15) is 9.90 Å². The summed E-state index contributed by atoms with van der Waals surface area (Å²) >= 11 is 0. The molecule has 1 rings (SSSR count). The number of primary amides is 1. The molecule has 1 aromatic carbocycles. The summed E-state index contributed by atoms with van der Waals surface area (Å²) in [4.78, 5) is 11.2. The summed E-state index contributed by atoms with van der Waals surface area (Å²) in [6.07, 6.45) is -0.379. The van der Waals surface area contributed by atoms with Crippen molar-refractivity contribution in [3.63, 3.8) is 0 Å². The molecule has 4 nitrogen and oxygen atoms in total. The van der Waals surface area contributed by atoms with Gasteiger partial charge in [-0.2, -0.15) is 0 Å². The fourth-order valence-electron chi connectivity index (χ4n) is 1.51. The van der Waals surface area contributed by atoms with Gasteiger partial charge in [-0.1, -0.05) is 32.0 Å². The van der Waals surface area contributed by atoms with Crippen molar-refractivity contribution >= 4 is 5.91 Å². The van der Waals surface area contributed by atoms with Gasteiger partial charge in [0.2, 0.25) is 5.91 Å². The summed E-state index contributed by atoms with van der Waals surface area (Å²) in [7, 11) is 0. The molecule has 1 atom stereocenters. The number of amides is 1. The summed E-state index contributed by atoms with van der Waals surface area (Å²) in [6.45, 7) is 4.96. The number of carbonyl (C=O) groups excluding carboxylic acids is 1. The lowest BCUT2D eigenvalue weighted by Gasteiger charge is -2.15. The molecular weight excluding hydrogens is 216 g/mol. The minimum absolute atomic E-state index is 0.217. The van der Waals surface area contributed by atoms with Crippen LogP contribution in [0, 0.1) is 5.92 Å². The summed E-state index contributed by atoms with van der Waals surface area (Å²) in [5.74, 6) is -0.208. The second-order valence-electron chi connectivity index (χ2n) is 4.46. The molecule has 94 valence electrons. The third-order valence-corrected chi connectivity index (χ3v) is 2.72. The number of benzene rings is 1. The van der Waals surface area contributed by atoms with Crippen LogP contribution in [-0.4, -0.2) is 23.7 Å². The Morgan fingerprint density at radius 1 is 1.41 bits per heavy atom. The lowest BCUT2D eigenvalue weighted by molar-refractivity contribution is 0.0999. The average molecular weight is 236 g/mol. The van der Waals surface area contributed by atoms with E-state index >= 15 is 0 Å². The van der Waals surface area contributed by atoms with Crippen LogP contribution in [0.3, 0.4) is 0 Å². The normalized spacial score (nSPS) is 12.7. The molecule has 0 fully saturated rings. The largest absolute Gasteiger partial charge is 0.392 e. The smallest absolute Gasteiger partial charge is 0.249 e. The van der Waals surface area contributed by atoms with Gasteiger partial charge in [-0.15, -0.1) is 0 Å². The molecule has 0 bridgehead atoms. The van der Waals surface area contributed by atoms with Crippen molar-refractivity contribution in [3.05, 3.63) is 35.4 Å². The Labute approximate surface area is 102 Å². The number of nitrogens with one attached hydrogen (secondary N) is 1. The highest BCUT2D eigenvalue weighted by Gasteiger charge is 2.10. The molecule has 4 N–H and O–H groups in total. The van der Waals surface area contributed by atoms with Gasteiger partial charge in [-0.3, -0.25) is 4.79 Å². The number of hydrogen-bond acceptors (Lipinski definition) is 3. The maximum atomic E-state index is 11.2. The quantitative estimate of drug-likeness (QED) is 0.686. The van der Waals surface area contributed by atoms with Gasteiger partial charge in [-0.05, 0) is 17.5 Å². The minimum atomic E-state index is -0.424. The van der Waals surface area contributed by atoms with Crippen molar-refractivity contribution in [1.29, 1.82) is 0 Å². The van der Waals surface area contributed by atoms with Crippen molar-refractivity contribution in [2.24, 2.45) is 11.7 Å². The summed E-state index contributed by atoms with van der Waals surface area (Å²) in [5.41, 5.74) is 6.66. The second-order valence-corrected chi connectivity index (χ2v) is 4.46.